The Bertz CT molecular complexity index is 594. The average Bonchev–Trinajstić information content (AvgIpc) is 3.54. The predicted molar refractivity (Wildman–Crippen MR) is 131 cm³/mol. The maximum atomic E-state index is 3.20. The van der Waals surface area contributed by atoms with E-state index < -0.39 is 0 Å². The molecule has 180 valence electrons. The van der Waals surface area contributed by atoms with Gasteiger partial charge < -0.3 is 0 Å². The molecule has 4 saturated heterocycles. The van der Waals surface area contributed by atoms with Crippen LogP contribution in [0.15, 0.2) is 0 Å². The second-order valence-corrected chi connectivity index (χ2v) is 11.7. The maximum Gasteiger partial charge on any atom is 0.357 e. The molecule has 0 N–H and O–H groups in total. The van der Waals surface area contributed by atoms with Crippen LogP contribution in [0.5, 0.6) is 0 Å². The van der Waals surface area contributed by atoms with E-state index in [1.54, 1.807) is 0 Å². The highest BCUT2D eigenvalue weighted by atomic mass is 15.9. The third kappa shape index (κ3) is 3.21. The van der Waals surface area contributed by atoms with Gasteiger partial charge >= 0.3 is 5.91 Å². The van der Waals surface area contributed by atoms with Gasteiger partial charge in [-0.3, -0.25) is 0 Å². The summed E-state index contributed by atoms with van der Waals surface area (Å²) in [5.41, 5.74) is 0. The zero-order chi connectivity index (χ0) is 22.3. The summed E-state index contributed by atoms with van der Waals surface area (Å²) < 4.78 is 2.84. The van der Waals surface area contributed by atoms with Crippen LogP contribution >= 0.6 is 0 Å². The number of rotatable bonds is 8. The standard InChI is InChI=1S/C27H54N4/c1-7-15-25-22-30(17-11-12-18-30)27(29(25)24(6)10-4)28(23(5)9-3)21-26(16-8-2)31(27)19-13-14-20-31/h23-26H,7-22H2,1-6H3/q+2. The van der Waals surface area contributed by atoms with Crippen molar-refractivity contribution in [2.45, 2.75) is 136 Å². The summed E-state index contributed by atoms with van der Waals surface area (Å²) in [4.78, 5) is 6.35. The third-order valence-corrected chi connectivity index (χ3v) is 10.2. The number of hydrogen-bond acceptors (Lipinski definition) is 2. The van der Waals surface area contributed by atoms with Gasteiger partial charge in [-0.05, 0) is 33.1 Å². The minimum absolute atomic E-state index is 0.206. The van der Waals surface area contributed by atoms with E-state index in [0.717, 1.165) is 12.1 Å². The molecule has 5 unspecified atom stereocenters. The molecule has 4 nitrogen and oxygen atoms in total. The fourth-order valence-corrected chi connectivity index (χ4v) is 8.96. The fourth-order valence-electron chi connectivity index (χ4n) is 8.96. The Morgan fingerprint density at radius 3 is 1.94 bits per heavy atom. The highest BCUT2D eigenvalue weighted by Crippen LogP contribution is 2.58. The number of nitrogens with zero attached hydrogens (tertiary/aromatic N) is 4. The molecule has 4 heteroatoms. The molecule has 0 radical (unpaired) electrons. The Kier molecular flexibility index (Phi) is 7.14. The second-order valence-electron chi connectivity index (χ2n) is 11.7. The van der Waals surface area contributed by atoms with Gasteiger partial charge in [-0.25, -0.2) is 8.97 Å². The molecule has 0 amide bonds. The molecule has 4 rings (SSSR count). The van der Waals surface area contributed by atoms with Crippen molar-refractivity contribution in [1.29, 1.82) is 0 Å². The third-order valence-electron chi connectivity index (χ3n) is 10.2. The van der Waals surface area contributed by atoms with Crippen LogP contribution in [0, 0.1) is 0 Å². The Labute approximate surface area is 194 Å². The van der Waals surface area contributed by atoms with Crippen molar-refractivity contribution in [3.63, 3.8) is 0 Å². The Morgan fingerprint density at radius 2 is 1.39 bits per heavy atom. The van der Waals surface area contributed by atoms with Gasteiger partial charge in [0, 0.05) is 44.2 Å². The van der Waals surface area contributed by atoms with Crippen LogP contribution < -0.4 is 0 Å². The lowest BCUT2D eigenvalue weighted by Crippen LogP contribution is -2.84. The van der Waals surface area contributed by atoms with Crippen LogP contribution in [0.2, 0.25) is 0 Å². The molecule has 3 spiro atoms. The summed E-state index contributed by atoms with van der Waals surface area (Å²) in [6, 6.07) is 2.96. The molecule has 4 fully saturated rings. The lowest BCUT2D eigenvalue weighted by molar-refractivity contribution is -1.17. The van der Waals surface area contributed by atoms with E-state index >= 15 is 0 Å². The van der Waals surface area contributed by atoms with Gasteiger partial charge in [0.1, 0.15) is 12.6 Å². The summed E-state index contributed by atoms with van der Waals surface area (Å²) in [5, 5.41) is 0. The molecule has 0 aromatic rings. The van der Waals surface area contributed by atoms with Crippen molar-refractivity contribution in [3.05, 3.63) is 0 Å². The SMILES string of the molecule is CCCC1C[N+]2(CCCC2)C2(N(C(C)CC)CC(CCC)[N+]23CCCC3)N1C(C)CC. The van der Waals surface area contributed by atoms with Crippen molar-refractivity contribution in [1.82, 2.24) is 9.80 Å². The van der Waals surface area contributed by atoms with Crippen molar-refractivity contribution in [2.24, 2.45) is 0 Å². The second kappa shape index (κ2) is 9.24. The van der Waals surface area contributed by atoms with Crippen molar-refractivity contribution >= 4 is 0 Å². The number of fused-ring (bicyclic) bond motifs is 2. The van der Waals surface area contributed by atoms with Crippen LogP contribution in [0.1, 0.15) is 106 Å². The van der Waals surface area contributed by atoms with Crippen molar-refractivity contribution < 1.29 is 8.97 Å². The van der Waals surface area contributed by atoms with Gasteiger partial charge in [-0.1, -0.05) is 40.5 Å². The van der Waals surface area contributed by atoms with E-state index in [9.17, 15) is 0 Å². The van der Waals surface area contributed by atoms with E-state index in [2.05, 4.69) is 51.3 Å². The van der Waals surface area contributed by atoms with Crippen LogP contribution in [0.3, 0.4) is 0 Å². The van der Waals surface area contributed by atoms with Crippen molar-refractivity contribution in [3.8, 4) is 0 Å². The number of hydrogen-bond donors (Lipinski definition) is 0. The molecule has 5 atom stereocenters. The van der Waals surface area contributed by atoms with Gasteiger partial charge in [-0.15, -0.1) is 0 Å². The Morgan fingerprint density at radius 1 is 0.806 bits per heavy atom. The highest BCUT2D eigenvalue weighted by Gasteiger charge is 2.83. The smallest absolute Gasteiger partial charge is 0.241 e. The first-order chi connectivity index (χ1) is 15.0. The first-order valence-electron chi connectivity index (χ1n) is 14.3. The first-order valence-corrected chi connectivity index (χ1v) is 14.3. The predicted octanol–water partition coefficient (Wildman–Crippen LogP) is 5.38. The van der Waals surface area contributed by atoms with Gasteiger partial charge in [0.05, 0.1) is 38.8 Å². The monoisotopic (exact) mass is 434 g/mol. The molecule has 31 heavy (non-hydrogen) atoms. The number of quaternary nitrogens is 2. The summed E-state index contributed by atoms with van der Waals surface area (Å²) in [7, 11) is 0. The van der Waals surface area contributed by atoms with Gasteiger partial charge in [0.2, 0.25) is 0 Å². The highest BCUT2D eigenvalue weighted by molar-refractivity contribution is 5.00. The first kappa shape index (κ1) is 24.0. The summed E-state index contributed by atoms with van der Waals surface area (Å²) in [6.45, 7) is 23.4. The lowest BCUT2D eigenvalue weighted by atomic mass is 10.1. The maximum absolute atomic E-state index is 3.20. The Balaban J connectivity index is 1.98. The molecular formula is C27H54N4+2. The van der Waals surface area contributed by atoms with E-state index in [0.29, 0.717) is 12.1 Å². The molecule has 0 bridgehead atoms. The van der Waals surface area contributed by atoms with E-state index in [1.165, 1.54) is 112 Å². The minimum Gasteiger partial charge on any atom is -0.241 e. The molecule has 0 aromatic heterocycles. The zero-order valence-electron chi connectivity index (χ0n) is 21.9. The van der Waals surface area contributed by atoms with Gasteiger partial charge in [-0.2, -0.15) is 9.80 Å². The van der Waals surface area contributed by atoms with Gasteiger partial charge in [0.25, 0.3) is 0 Å². The van der Waals surface area contributed by atoms with Crippen LogP contribution in [0.25, 0.3) is 0 Å². The summed E-state index contributed by atoms with van der Waals surface area (Å²) in [6.07, 6.45) is 13.8. The van der Waals surface area contributed by atoms with Crippen LogP contribution in [0.4, 0.5) is 0 Å². The molecule has 4 aliphatic rings. The largest absolute Gasteiger partial charge is 0.357 e. The van der Waals surface area contributed by atoms with Gasteiger partial charge in [0.15, 0.2) is 0 Å². The normalized spacial score (nSPS) is 37.0. The molecule has 0 saturated carbocycles. The molecule has 0 aromatic carbocycles. The summed E-state index contributed by atoms with van der Waals surface area (Å²) in [5.74, 6) is 0.206. The van der Waals surface area contributed by atoms with E-state index in [1.807, 2.05) is 0 Å². The Hall–Kier alpha value is -0.160. The lowest BCUT2D eigenvalue weighted by Gasteiger charge is -2.59. The minimum atomic E-state index is 0.206. The van der Waals surface area contributed by atoms with E-state index in [-0.39, 0.29) is 5.91 Å². The molecule has 4 heterocycles. The van der Waals surface area contributed by atoms with E-state index in [4.69, 9.17) is 0 Å². The fraction of sp³-hybridized carbons (Fsp3) is 1.00. The van der Waals surface area contributed by atoms with Crippen LogP contribution in [-0.2, 0) is 0 Å². The quantitative estimate of drug-likeness (QED) is 0.473. The summed E-state index contributed by atoms with van der Waals surface area (Å²) >= 11 is 0. The zero-order valence-corrected chi connectivity index (χ0v) is 21.9. The molecule has 0 aliphatic carbocycles. The topological polar surface area (TPSA) is 6.48 Å². The van der Waals surface area contributed by atoms with Crippen molar-refractivity contribution in [2.75, 3.05) is 39.3 Å². The van der Waals surface area contributed by atoms with Crippen LogP contribution in [-0.4, -0.2) is 88.1 Å². The molecule has 4 aliphatic heterocycles. The molecular weight excluding hydrogens is 380 g/mol. The average molecular weight is 435 g/mol.